The summed E-state index contributed by atoms with van der Waals surface area (Å²) < 4.78 is 40.9. The van der Waals surface area contributed by atoms with Crippen molar-refractivity contribution in [1.29, 1.82) is 0 Å². The predicted octanol–water partition coefficient (Wildman–Crippen LogP) is 3.67. The molecule has 0 amide bonds. The molecule has 0 saturated heterocycles. The fraction of sp³-hybridized carbons (Fsp3) is 0.0714. The van der Waals surface area contributed by atoms with Crippen LogP contribution in [0.25, 0.3) is 11.1 Å². The lowest BCUT2D eigenvalue weighted by Gasteiger charge is -2.16. The maximum absolute atomic E-state index is 13.7. The molecule has 2 aromatic carbocycles. The average molecular weight is 266 g/mol. The molecule has 0 spiro atoms. The van der Waals surface area contributed by atoms with Crippen molar-refractivity contribution in [1.82, 2.24) is 0 Å². The summed E-state index contributed by atoms with van der Waals surface area (Å²) in [6, 6.07) is 10.4. The van der Waals surface area contributed by atoms with Crippen LogP contribution >= 0.6 is 0 Å². The number of rotatable bonds is 3. The van der Waals surface area contributed by atoms with E-state index in [9.17, 15) is 18.0 Å². The first-order valence-corrected chi connectivity index (χ1v) is 5.40. The van der Waals surface area contributed by atoms with Crippen LogP contribution in [0.1, 0.15) is 5.56 Å². The molecule has 0 bridgehead atoms. The number of hydrogen-bond donors (Lipinski definition) is 1. The highest BCUT2D eigenvalue weighted by Crippen LogP contribution is 2.36. The molecule has 19 heavy (non-hydrogen) atoms. The zero-order valence-electron chi connectivity index (χ0n) is 9.61. The monoisotopic (exact) mass is 266 g/mol. The lowest BCUT2D eigenvalue weighted by Crippen LogP contribution is -2.26. The zero-order valence-corrected chi connectivity index (χ0v) is 9.61. The van der Waals surface area contributed by atoms with Crippen LogP contribution < -0.4 is 0 Å². The number of carboxylic acid groups (broad SMARTS) is 1. The number of carboxylic acids is 1. The van der Waals surface area contributed by atoms with Crippen molar-refractivity contribution < 1.29 is 23.1 Å². The van der Waals surface area contributed by atoms with Gasteiger partial charge in [-0.05, 0) is 11.6 Å². The van der Waals surface area contributed by atoms with Gasteiger partial charge >= 0.3 is 11.9 Å². The Morgan fingerprint density at radius 1 is 0.947 bits per heavy atom. The number of halogens is 3. The maximum Gasteiger partial charge on any atom is 0.379 e. The summed E-state index contributed by atoms with van der Waals surface area (Å²) in [5.41, 5.74) is -0.917. The van der Waals surface area contributed by atoms with Crippen LogP contribution in [-0.4, -0.2) is 11.1 Å². The molecule has 0 radical (unpaired) electrons. The van der Waals surface area contributed by atoms with Crippen molar-refractivity contribution in [2.24, 2.45) is 0 Å². The minimum absolute atomic E-state index is 0.0565. The van der Waals surface area contributed by atoms with E-state index in [1.165, 1.54) is 36.4 Å². The Morgan fingerprint density at radius 3 is 2.05 bits per heavy atom. The van der Waals surface area contributed by atoms with Gasteiger partial charge in [0.25, 0.3) is 0 Å². The third kappa shape index (κ3) is 2.31. The molecule has 0 heterocycles. The second-order valence-corrected chi connectivity index (χ2v) is 3.90. The molecular formula is C14H9F3O2. The summed E-state index contributed by atoms with van der Waals surface area (Å²) in [5.74, 6) is -7.02. The van der Waals surface area contributed by atoms with Crippen LogP contribution in [0, 0.1) is 5.82 Å². The van der Waals surface area contributed by atoms with Crippen molar-refractivity contribution in [3.05, 3.63) is 59.9 Å². The Balaban J connectivity index is 2.67. The van der Waals surface area contributed by atoms with Crippen LogP contribution in [0.5, 0.6) is 0 Å². The van der Waals surface area contributed by atoms with E-state index in [-0.39, 0.29) is 11.1 Å². The highest BCUT2D eigenvalue weighted by atomic mass is 19.3. The fourth-order valence-electron chi connectivity index (χ4n) is 1.79. The van der Waals surface area contributed by atoms with Gasteiger partial charge in [-0.3, -0.25) is 0 Å². The van der Waals surface area contributed by atoms with Crippen LogP contribution in [-0.2, 0) is 10.7 Å². The highest BCUT2D eigenvalue weighted by molar-refractivity contribution is 5.82. The lowest BCUT2D eigenvalue weighted by molar-refractivity contribution is -0.166. The normalized spacial score (nSPS) is 11.3. The molecule has 1 N–H and O–H groups in total. The molecule has 0 aliphatic carbocycles. The second-order valence-electron chi connectivity index (χ2n) is 3.90. The standard InChI is InChI=1S/C14H9F3O2/c15-12-8-4-2-6-10(12)9-5-1-3-7-11(9)14(16,17)13(18)19/h1-8H,(H,18,19). The molecule has 5 heteroatoms. The minimum Gasteiger partial charge on any atom is -0.477 e. The van der Waals surface area contributed by atoms with Gasteiger partial charge in [-0.2, -0.15) is 8.78 Å². The summed E-state index contributed by atoms with van der Waals surface area (Å²) in [6.07, 6.45) is 0. The van der Waals surface area contributed by atoms with Gasteiger partial charge in [-0.15, -0.1) is 0 Å². The van der Waals surface area contributed by atoms with Gasteiger partial charge in [-0.25, -0.2) is 9.18 Å². The third-order valence-electron chi connectivity index (χ3n) is 2.70. The van der Waals surface area contributed by atoms with Crippen molar-refractivity contribution in [3.63, 3.8) is 0 Å². The van der Waals surface area contributed by atoms with E-state index >= 15 is 0 Å². The van der Waals surface area contributed by atoms with Gasteiger partial charge < -0.3 is 5.11 Å². The summed E-state index contributed by atoms with van der Waals surface area (Å²) in [5, 5.41) is 8.59. The third-order valence-corrected chi connectivity index (χ3v) is 2.70. The quantitative estimate of drug-likeness (QED) is 0.920. The highest BCUT2D eigenvalue weighted by Gasteiger charge is 2.43. The van der Waals surface area contributed by atoms with E-state index in [1.54, 1.807) is 0 Å². The summed E-state index contributed by atoms with van der Waals surface area (Å²) in [4.78, 5) is 10.6. The Bertz CT molecular complexity index is 624. The maximum atomic E-state index is 13.7. The molecule has 98 valence electrons. The van der Waals surface area contributed by atoms with Crippen molar-refractivity contribution >= 4 is 5.97 Å². The van der Waals surface area contributed by atoms with Crippen molar-refractivity contribution in [2.75, 3.05) is 0 Å². The van der Waals surface area contributed by atoms with Crippen molar-refractivity contribution in [3.8, 4) is 11.1 Å². The largest absolute Gasteiger partial charge is 0.477 e. The Kier molecular flexibility index (Phi) is 3.29. The van der Waals surface area contributed by atoms with Crippen LogP contribution in [0.3, 0.4) is 0 Å². The predicted molar refractivity (Wildman–Crippen MR) is 63.4 cm³/mol. The van der Waals surface area contributed by atoms with Crippen LogP contribution in [0.15, 0.2) is 48.5 Å². The van der Waals surface area contributed by atoms with Gasteiger partial charge in [0.2, 0.25) is 0 Å². The van der Waals surface area contributed by atoms with E-state index in [0.717, 1.165) is 12.1 Å². The summed E-state index contributed by atoms with van der Waals surface area (Å²) in [7, 11) is 0. The Morgan fingerprint density at radius 2 is 1.47 bits per heavy atom. The minimum atomic E-state index is -4.07. The van der Waals surface area contributed by atoms with Crippen molar-refractivity contribution in [2.45, 2.75) is 5.92 Å². The molecule has 2 rings (SSSR count). The summed E-state index contributed by atoms with van der Waals surface area (Å²) >= 11 is 0. The molecule has 2 nitrogen and oxygen atoms in total. The first-order chi connectivity index (χ1) is 8.94. The Labute approximate surface area is 107 Å². The lowest BCUT2D eigenvalue weighted by atomic mass is 9.95. The van der Waals surface area contributed by atoms with E-state index in [1.807, 2.05) is 0 Å². The number of carbonyl (C=O) groups is 1. The fourth-order valence-corrected chi connectivity index (χ4v) is 1.79. The first kappa shape index (κ1) is 13.1. The molecular weight excluding hydrogens is 257 g/mol. The number of aliphatic carboxylic acids is 1. The van der Waals surface area contributed by atoms with Gasteiger partial charge in [0.15, 0.2) is 0 Å². The Hall–Kier alpha value is -2.30. The number of hydrogen-bond acceptors (Lipinski definition) is 1. The smallest absolute Gasteiger partial charge is 0.379 e. The molecule has 2 aromatic rings. The first-order valence-electron chi connectivity index (χ1n) is 5.40. The molecule has 0 aliphatic rings. The molecule has 0 atom stereocenters. The zero-order chi connectivity index (χ0) is 14.0. The molecule has 0 fully saturated rings. The van der Waals surface area contributed by atoms with Crippen LogP contribution in [0.4, 0.5) is 13.2 Å². The second kappa shape index (κ2) is 4.76. The molecule has 0 aliphatic heterocycles. The molecule has 0 unspecified atom stereocenters. The average Bonchev–Trinajstić information content (AvgIpc) is 2.39. The van der Waals surface area contributed by atoms with E-state index < -0.39 is 23.3 Å². The van der Waals surface area contributed by atoms with Gasteiger partial charge in [0.05, 0.1) is 0 Å². The van der Waals surface area contributed by atoms with Gasteiger partial charge in [0, 0.05) is 11.1 Å². The molecule has 0 aromatic heterocycles. The van der Waals surface area contributed by atoms with Gasteiger partial charge in [0.1, 0.15) is 5.82 Å². The van der Waals surface area contributed by atoms with E-state index in [4.69, 9.17) is 5.11 Å². The topological polar surface area (TPSA) is 37.3 Å². The SMILES string of the molecule is O=C(O)C(F)(F)c1ccccc1-c1ccccc1F. The van der Waals surface area contributed by atoms with Crippen LogP contribution in [0.2, 0.25) is 0 Å². The van der Waals surface area contributed by atoms with E-state index in [0.29, 0.717) is 0 Å². The summed E-state index contributed by atoms with van der Waals surface area (Å²) in [6.45, 7) is 0. The van der Waals surface area contributed by atoms with Gasteiger partial charge in [-0.1, -0.05) is 42.5 Å². The number of alkyl halides is 2. The van der Waals surface area contributed by atoms with E-state index in [2.05, 4.69) is 0 Å². The molecule has 0 saturated carbocycles. The number of benzene rings is 2.